The topological polar surface area (TPSA) is 57.6 Å². The molecule has 0 aromatic heterocycles. The number of amides is 2. The molecule has 0 unspecified atom stereocenters. The molecule has 0 saturated carbocycles. The Bertz CT molecular complexity index is 537. The maximum absolute atomic E-state index is 12.1. The predicted octanol–water partition coefficient (Wildman–Crippen LogP) is 3.13. The first kappa shape index (κ1) is 12.1. The predicted molar refractivity (Wildman–Crippen MR) is 66.1 cm³/mol. The lowest BCUT2D eigenvalue weighted by molar-refractivity contribution is 0.0610. The molecule has 0 bridgehead atoms. The summed E-state index contributed by atoms with van der Waals surface area (Å²) in [5.74, 6) is -0.457. The van der Waals surface area contributed by atoms with Crippen LogP contribution in [0.15, 0.2) is 16.6 Å². The second kappa shape index (κ2) is 3.57. The number of carboxylic acid groups (broad SMARTS) is 1. The normalized spacial score (nSPS) is 17.2. The van der Waals surface area contributed by atoms with Gasteiger partial charge >= 0.3 is 6.09 Å². The molecule has 0 aliphatic carbocycles. The van der Waals surface area contributed by atoms with E-state index in [1.165, 1.54) is 0 Å². The summed E-state index contributed by atoms with van der Waals surface area (Å²) in [5.41, 5.74) is 1.34. The Labute approximate surface area is 107 Å². The van der Waals surface area contributed by atoms with Crippen molar-refractivity contribution < 1.29 is 14.7 Å². The Balaban J connectivity index is 2.75. The largest absolute Gasteiger partial charge is 0.465 e. The van der Waals surface area contributed by atoms with Crippen LogP contribution < -0.4 is 0 Å². The van der Waals surface area contributed by atoms with E-state index in [-0.39, 0.29) is 0 Å². The number of imide groups is 1. The third kappa shape index (κ3) is 1.57. The fourth-order valence-corrected chi connectivity index (χ4v) is 3.11. The van der Waals surface area contributed by atoms with Gasteiger partial charge in [-0.2, -0.15) is 0 Å². The lowest BCUT2D eigenvalue weighted by Crippen LogP contribution is -2.43. The van der Waals surface area contributed by atoms with Crippen molar-refractivity contribution in [1.29, 1.82) is 0 Å². The summed E-state index contributed by atoms with van der Waals surface area (Å²) in [7, 11) is 0. The third-order valence-corrected chi connectivity index (χ3v) is 3.55. The van der Waals surface area contributed by atoms with E-state index in [1.807, 2.05) is 13.0 Å². The number of carbonyl (C=O) groups excluding carboxylic acids is 1. The number of rotatable bonds is 0. The lowest BCUT2D eigenvalue weighted by Gasteiger charge is -2.28. The first-order chi connectivity index (χ1) is 7.76. The van der Waals surface area contributed by atoms with E-state index in [0.29, 0.717) is 5.56 Å². The molecular weight excluding hydrogens is 286 g/mol. The van der Waals surface area contributed by atoms with Crippen LogP contribution >= 0.6 is 15.9 Å². The maximum Gasteiger partial charge on any atom is 0.415 e. The summed E-state index contributed by atoms with van der Waals surface area (Å²) in [5, 5.41) is 9.15. The van der Waals surface area contributed by atoms with E-state index < -0.39 is 17.5 Å². The van der Waals surface area contributed by atoms with Crippen LogP contribution in [0.3, 0.4) is 0 Å². The maximum atomic E-state index is 12.1. The van der Waals surface area contributed by atoms with Crippen molar-refractivity contribution >= 4 is 27.9 Å². The molecule has 0 spiro atoms. The van der Waals surface area contributed by atoms with E-state index in [0.717, 1.165) is 20.5 Å². The Morgan fingerprint density at radius 1 is 1.41 bits per heavy atom. The minimum Gasteiger partial charge on any atom is -0.465 e. The van der Waals surface area contributed by atoms with Gasteiger partial charge in [0, 0.05) is 10.0 Å². The fraction of sp³-hybridized carbons (Fsp3) is 0.333. The van der Waals surface area contributed by atoms with Crippen LogP contribution in [0.2, 0.25) is 0 Å². The summed E-state index contributed by atoms with van der Waals surface area (Å²) in [6, 6.07) is 3.56. The highest BCUT2D eigenvalue weighted by Gasteiger charge is 2.47. The summed E-state index contributed by atoms with van der Waals surface area (Å²) in [6.45, 7) is 5.36. The fourth-order valence-electron chi connectivity index (χ4n) is 2.54. The quantitative estimate of drug-likeness (QED) is 0.800. The van der Waals surface area contributed by atoms with Crippen molar-refractivity contribution in [2.45, 2.75) is 26.3 Å². The molecule has 2 amide bonds. The Morgan fingerprint density at radius 3 is 2.53 bits per heavy atom. The molecule has 90 valence electrons. The standard InChI is InChI=1S/C12H12BrNO3/c1-6-4-7(13)5-8-9(6)12(2,3)14(10(8)15)11(16)17/h4-5H,1-3H3,(H,16,17). The van der Waals surface area contributed by atoms with Crippen LogP contribution in [-0.4, -0.2) is 22.0 Å². The van der Waals surface area contributed by atoms with Crippen molar-refractivity contribution in [3.8, 4) is 0 Å². The second-order valence-electron chi connectivity index (χ2n) is 4.63. The molecule has 1 aromatic carbocycles. The zero-order chi connectivity index (χ0) is 13.0. The van der Waals surface area contributed by atoms with Crippen molar-refractivity contribution in [1.82, 2.24) is 4.90 Å². The zero-order valence-electron chi connectivity index (χ0n) is 9.74. The summed E-state index contributed by atoms with van der Waals surface area (Å²) in [6.07, 6.45) is -1.22. The SMILES string of the molecule is Cc1cc(Br)cc2c1C(C)(C)N(C(=O)O)C2=O. The number of aryl methyl sites for hydroxylation is 1. The highest BCUT2D eigenvalue weighted by Crippen LogP contribution is 2.41. The molecule has 1 aliphatic heterocycles. The molecule has 0 radical (unpaired) electrons. The number of nitrogens with zero attached hydrogens (tertiary/aromatic N) is 1. The average molecular weight is 298 g/mol. The molecule has 1 aliphatic rings. The highest BCUT2D eigenvalue weighted by molar-refractivity contribution is 9.10. The molecular formula is C12H12BrNO3. The monoisotopic (exact) mass is 297 g/mol. The number of hydrogen-bond donors (Lipinski definition) is 1. The van der Waals surface area contributed by atoms with Gasteiger partial charge in [-0.15, -0.1) is 0 Å². The van der Waals surface area contributed by atoms with Crippen LogP contribution in [0.1, 0.15) is 35.3 Å². The van der Waals surface area contributed by atoms with Gasteiger partial charge in [0.25, 0.3) is 5.91 Å². The molecule has 1 aromatic rings. The molecule has 1 N–H and O–H groups in total. The van der Waals surface area contributed by atoms with Gasteiger partial charge in [0.05, 0.1) is 5.54 Å². The van der Waals surface area contributed by atoms with Crippen LogP contribution in [0, 0.1) is 6.92 Å². The summed E-state index contributed by atoms with van der Waals surface area (Å²) >= 11 is 3.32. The van der Waals surface area contributed by atoms with Crippen LogP contribution in [0.25, 0.3) is 0 Å². The smallest absolute Gasteiger partial charge is 0.415 e. The summed E-state index contributed by atoms with van der Waals surface area (Å²) in [4.78, 5) is 24.2. The first-order valence-electron chi connectivity index (χ1n) is 5.15. The van der Waals surface area contributed by atoms with Gasteiger partial charge < -0.3 is 5.11 Å². The number of halogens is 1. The van der Waals surface area contributed by atoms with Gasteiger partial charge in [-0.3, -0.25) is 4.79 Å². The number of fused-ring (bicyclic) bond motifs is 1. The molecule has 0 atom stereocenters. The van der Waals surface area contributed by atoms with Gasteiger partial charge in [0.1, 0.15) is 0 Å². The van der Waals surface area contributed by atoms with Gasteiger partial charge in [-0.05, 0) is 44.0 Å². The van der Waals surface area contributed by atoms with E-state index in [4.69, 9.17) is 5.11 Å². The van der Waals surface area contributed by atoms with Gasteiger partial charge in [-0.1, -0.05) is 15.9 Å². The van der Waals surface area contributed by atoms with Gasteiger partial charge in [0.15, 0.2) is 0 Å². The molecule has 17 heavy (non-hydrogen) atoms. The van der Waals surface area contributed by atoms with Crippen molar-refractivity contribution in [3.63, 3.8) is 0 Å². The van der Waals surface area contributed by atoms with Crippen LogP contribution in [-0.2, 0) is 5.54 Å². The number of benzene rings is 1. The Morgan fingerprint density at radius 2 is 2.00 bits per heavy atom. The zero-order valence-corrected chi connectivity index (χ0v) is 11.3. The van der Waals surface area contributed by atoms with Gasteiger partial charge in [-0.25, -0.2) is 9.69 Å². The minimum atomic E-state index is -1.22. The lowest BCUT2D eigenvalue weighted by atomic mass is 9.90. The number of hydrogen-bond acceptors (Lipinski definition) is 2. The Hall–Kier alpha value is -1.36. The highest BCUT2D eigenvalue weighted by atomic mass is 79.9. The van der Waals surface area contributed by atoms with E-state index in [9.17, 15) is 9.59 Å². The second-order valence-corrected chi connectivity index (χ2v) is 5.54. The number of carbonyl (C=O) groups is 2. The third-order valence-electron chi connectivity index (χ3n) is 3.10. The van der Waals surface area contributed by atoms with Gasteiger partial charge in [0.2, 0.25) is 0 Å². The van der Waals surface area contributed by atoms with Crippen molar-refractivity contribution in [2.75, 3.05) is 0 Å². The minimum absolute atomic E-state index is 0.457. The summed E-state index contributed by atoms with van der Waals surface area (Å²) < 4.78 is 0.783. The van der Waals surface area contributed by atoms with E-state index in [2.05, 4.69) is 15.9 Å². The molecule has 0 saturated heterocycles. The first-order valence-corrected chi connectivity index (χ1v) is 5.94. The molecule has 1 heterocycles. The van der Waals surface area contributed by atoms with E-state index in [1.54, 1.807) is 19.9 Å². The van der Waals surface area contributed by atoms with Crippen molar-refractivity contribution in [2.24, 2.45) is 0 Å². The van der Waals surface area contributed by atoms with Crippen LogP contribution in [0.5, 0.6) is 0 Å². The van der Waals surface area contributed by atoms with Crippen LogP contribution in [0.4, 0.5) is 4.79 Å². The molecule has 2 rings (SSSR count). The van der Waals surface area contributed by atoms with E-state index >= 15 is 0 Å². The van der Waals surface area contributed by atoms with Crippen molar-refractivity contribution in [3.05, 3.63) is 33.3 Å². The molecule has 0 fully saturated rings. The Kier molecular flexibility index (Phi) is 2.54. The molecule has 5 heteroatoms. The molecule has 4 nitrogen and oxygen atoms in total. The average Bonchev–Trinajstić information content (AvgIpc) is 2.33.